The number of hydrogen-bond acceptors (Lipinski definition) is 3. The first-order valence-electron chi connectivity index (χ1n) is 3.69. The Morgan fingerprint density at radius 3 is 2.50 bits per heavy atom. The number of carboxylic acids is 1. The quantitative estimate of drug-likeness (QED) is 0.221. The van der Waals surface area contributed by atoms with Crippen LogP contribution in [0.5, 0.6) is 0 Å². The van der Waals surface area contributed by atoms with E-state index in [-0.39, 0.29) is 6.61 Å². The van der Waals surface area contributed by atoms with Gasteiger partial charge < -0.3 is 9.84 Å². The van der Waals surface area contributed by atoms with E-state index in [1.54, 1.807) is 0 Å². The predicted octanol–water partition coefficient (Wildman–Crippen LogP) is 0.970. The van der Waals surface area contributed by atoms with Crippen molar-refractivity contribution >= 4 is 11.9 Å². The average Bonchev–Trinajstić information content (AvgIpc) is 2.03. The standard InChI is InChI=1S/C8H12O4/c1-3-4-5-12-8(11)6(2)7(9)10/h2-5H2,1H3,(H,9,10). The lowest BCUT2D eigenvalue weighted by molar-refractivity contribution is -0.144. The van der Waals surface area contributed by atoms with Gasteiger partial charge in [0, 0.05) is 0 Å². The fourth-order valence-corrected chi connectivity index (χ4v) is 0.484. The van der Waals surface area contributed by atoms with Crippen LogP contribution in [-0.2, 0) is 14.3 Å². The van der Waals surface area contributed by atoms with Crippen molar-refractivity contribution in [2.75, 3.05) is 6.61 Å². The van der Waals surface area contributed by atoms with Crippen molar-refractivity contribution < 1.29 is 19.4 Å². The van der Waals surface area contributed by atoms with Gasteiger partial charge in [0.15, 0.2) is 0 Å². The Bertz CT molecular complexity index is 195. The van der Waals surface area contributed by atoms with Gasteiger partial charge in [-0.1, -0.05) is 19.9 Å². The summed E-state index contributed by atoms with van der Waals surface area (Å²) in [5, 5.41) is 8.31. The zero-order valence-electron chi connectivity index (χ0n) is 7.00. The Balaban J connectivity index is 3.73. The Labute approximate surface area is 70.8 Å². The van der Waals surface area contributed by atoms with Crippen molar-refractivity contribution in [3.8, 4) is 0 Å². The van der Waals surface area contributed by atoms with Crippen LogP contribution in [0.3, 0.4) is 0 Å². The highest BCUT2D eigenvalue weighted by Gasteiger charge is 2.14. The van der Waals surface area contributed by atoms with Gasteiger partial charge >= 0.3 is 11.9 Å². The van der Waals surface area contributed by atoms with E-state index in [1.165, 1.54) is 0 Å². The van der Waals surface area contributed by atoms with Crippen molar-refractivity contribution in [3.05, 3.63) is 12.2 Å². The topological polar surface area (TPSA) is 63.6 Å². The van der Waals surface area contributed by atoms with Gasteiger partial charge in [-0.25, -0.2) is 9.59 Å². The SMILES string of the molecule is C=C(C(=O)O)C(=O)OCCCC. The Hall–Kier alpha value is -1.32. The molecule has 0 heterocycles. The monoisotopic (exact) mass is 172 g/mol. The van der Waals surface area contributed by atoms with E-state index in [9.17, 15) is 9.59 Å². The molecule has 0 unspecified atom stereocenters. The van der Waals surface area contributed by atoms with Crippen LogP contribution >= 0.6 is 0 Å². The van der Waals surface area contributed by atoms with Crippen LogP contribution in [0.2, 0.25) is 0 Å². The molecule has 0 spiro atoms. The zero-order valence-corrected chi connectivity index (χ0v) is 7.00. The Morgan fingerprint density at radius 2 is 2.08 bits per heavy atom. The summed E-state index contributed by atoms with van der Waals surface area (Å²) in [5.74, 6) is -2.19. The summed E-state index contributed by atoms with van der Waals surface area (Å²) >= 11 is 0. The molecule has 0 atom stereocenters. The Morgan fingerprint density at radius 1 is 1.50 bits per heavy atom. The molecule has 0 aliphatic rings. The molecular formula is C8H12O4. The van der Waals surface area contributed by atoms with Gasteiger partial charge in [-0.05, 0) is 6.42 Å². The van der Waals surface area contributed by atoms with Crippen LogP contribution < -0.4 is 0 Å². The molecule has 12 heavy (non-hydrogen) atoms. The number of hydrogen-bond donors (Lipinski definition) is 1. The van der Waals surface area contributed by atoms with E-state index in [0.29, 0.717) is 0 Å². The highest BCUT2D eigenvalue weighted by Crippen LogP contribution is 1.96. The molecule has 0 aliphatic heterocycles. The van der Waals surface area contributed by atoms with Crippen molar-refractivity contribution in [1.82, 2.24) is 0 Å². The number of esters is 1. The number of unbranched alkanes of at least 4 members (excludes halogenated alkanes) is 1. The van der Waals surface area contributed by atoms with Gasteiger partial charge in [0.2, 0.25) is 0 Å². The molecular weight excluding hydrogens is 160 g/mol. The van der Waals surface area contributed by atoms with Crippen LogP contribution in [0.4, 0.5) is 0 Å². The van der Waals surface area contributed by atoms with E-state index in [4.69, 9.17) is 5.11 Å². The first kappa shape index (κ1) is 10.7. The molecule has 0 radical (unpaired) electrons. The van der Waals surface area contributed by atoms with Crippen LogP contribution in [0.1, 0.15) is 19.8 Å². The molecule has 4 nitrogen and oxygen atoms in total. The summed E-state index contributed by atoms with van der Waals surface area (Å²) in [6.45, 7) is 5.25. The van der Waals surface area contributed by atoms with Crippen LogP contribution in [0.25, 0.3) is 0 Å². The normalized spacial score (nSPS) is 9.08. The molecule has 0 fully saturated rings. The molecule has 68 valence electrons. The molecule has 0 saturated carbocycles. The highest BCUT2D eigenvalue weighted by molar-refractivity contribution is 6.12. The minimum Gasteiger partial charge on any atom is -0.477 e. The largest absolute Gasteiger partial charge is 0.477 e. The van der Waals surface area contributed by atoms with Gasteiger partial charge in [-0.3, -0.25) is 0 Å². The van der Waals surface area contributed by atoms with Crippen molar-refractivity contribution in [2.24, 2.45) is 0 Å². The van der Waals surface area contributed by atoms with Crippen LogP contribution in [-0.4, -0.2) is 23.7 Å². The molecule has 0 aromatic carbocycles. The van der Waals surface area contributed by atoms with Gasteiger partial charge in [0.1, 0.15) is 5.57 Å². The predicted molar refractivity (Wildman–Crippen MR) is 42.6 cm³/mol. The minimum absolute atomic E-state index is 0.252. The second-order valence-corrected chi connectivity index (χ2v) is 2.27. The summed E-state index contributed by atoms with van der Waals surface area (Å²) < 4.78 is 4.59. The molecule has 0 saturated heterocycles. The first-order chi connectivity index (χ1) is 5.59. The smallest absolute Gasteiger partial charge is 0.344 e. The Kier molecular flexibility index (Phi) is 4.76. The van der Waals surface area contributed by atoms with Gasteiger partial charge in [-0.2, -0.15) is 0 Å². The maximum atomic E-state index is 10.8. The maximum absolute atomic E-state index is 10.8. The van der Waals surface area contributed by atoms with Gasteiger partial charge in [0.05, 0.1) is 6.61 Å². The number of carboxylic acid groups (broad SMARTS) is 1. The zero-order chi connectivity index (χ0) is 9.56. The lowest BCUT2D eigenvalue weighted by atomic mass is 10.3. The van der Waals surface area contributed by atoms with Gasteiger partial charge in [-0.15, -0.1) is 0 Å². The van der Waals surface area contributed by atoms with E-state index in [2.05, 4.69) is 11.3 Å². The third-order valence-electron chi connectivity index (χ3n) is 1.24. The van der Waals surface area contributed by atoms with Gasteiger partial charge in [0.25, 0.3) is 0 Å². The van der Waals surface area contributed by atoms with Crippen LogP contribution in [0.15, 0.2) is 12.2 Å². The van der Waals surface area contributed by atoms with E-state index in [1.807, 2.05) is 6.92 Å². The minimum atomic E-state index is -1.34. The third-order valence-corrected chi connectivity index (χ3v) is 1.24. The number of carbonyl (C=O) groups is 2. The average molecular weight is 172 g/mol. The molecule has 0 aromatic rings. The van der Waals surface area contributed by atoms with Crippen LogP contribution in [0, 0.1) is 0 Å². The molecule has 1 N–H and O–H groups in total. The summed E-state index contributed by atoms with van der Waals surface area (Å²) in [6, 6.07) is 0. The van der Waals surface area contributed by atoms with E-state index < -0.39 is 17.5 Å². The van der Waals surface area contributed by atoms with Crippen molar-refractivity contribution in [1.29, 1.82) is 0 Å². The number of carbonyl (C=O) groups excluding carboxylic acids is 1. The number of aliphatic carboxylic acids is 1. The summed E-state index contributed by atoms with van der Waals surface area (Å²) in [4.78, 5) is 20.9. The molecule has 0 aliphatic carbocycles. The lowest BCUT2D eigenvalue weighted by Crippen LogP contribution is -2.14. The summed E-state index contributed by atoms with van der Waals surface area (Å²) in [5.41, 5.74) is -0.522. The fraction of sp³-hybridized carbons (Fsp3) is 0.500. The summed E-state index contributed by atoms with van der Waals surface area (Å²) in [7, 11) is 0. The second kappa shape index (κ2) is 5.35. The van der Waals surface area contributed by atoms with Crippen molar-refractivity contribution in [3.63, 3.8) is 0 Å². The number of rotatable bonds is 5. The lowest BCUT2D eigenvalue weighted by Gasteiger charge is -2.01. The third kappa shape index (κ3) is 3.75. The molecule has 0 bridgehead atoms. The molecule has 4 heteroatoms. The first-order valence-corrected chi connectivity index (χ1v) is 3.69. The van der Waals surface area contributed by atoms with E-state index in [0.717, 1.165) is 12.8 Å². The molecule has 0 rings (SSSR count). The number of ether oxygens (including phenoxy) is 1. The molecule has 0 aromatic heterocycles. The maximum Gasteiger partial charge on any atom is 0.344 e. The van der Waals surface area contributed by atoms with Crippen molar-refractivity contribution in [2.45, 2.75) is 19.8 Å². The highest BCUT2D eigenvalue weighted by atomic mass is 16.5. The van der Waals surface area contributed by atoms with E-state index >= 15 is 0 Å². The summed E-state index contributed by atoms with van der Waals surface area (Å²) in [6.07, 6.45) is 1.63. The molecule has 0 amide bonds. The second-order valence-electron chi connectivity index (χ2n) is 2.27. The fourth-order valence-electron chi connectivity index (χ4n) is 0.484.